The van der Waals surface area contributed by atoms with Crippen molar-refractivity contribution in [1.82, 2.24) is 14.9 Å². The fraction of sp³-hybridized carbons (Fsp3) is 0.208. The topological polar surface area (TPSA) is 46.1 Å². The van der Waals surface area contributed by atoms with Gasteiger partial charge in [0.15, 0.2) is 0 Å². The van der Waals surface area contributed by atoms with Crippen molar-refractivity contribution in [3.05, 3.63) is 101 Å². The number of benzene rings is 1. The van der Waals surface area contributed by atoms with Crippen molar-refractivity contribution in [2.24, 2.45) is 0 Å². The van der Waals surface area contributed by atoms with Gasteiger partial charge in [-0.05, 0) is 49.6 Å². The van der Waals surface area contributed by atoms with Crippen LogP contribution in [0.4, 0.5) is 0 Å². The molecule has 4 rings (SSSR count). The molecule has 4 heteroatoms. The summed E-state index contributed by atoms with van der Waals surface area (Å²) in [6.45, 7) is 3.54. The molecule has 140 valence electrons. The summed E-state index contributed by atoms with van der Waals surface area (Å²) in [5.41, 5.74) is 6.69. The van der Waals surface area contributed by atoms with Crippen LogP contribution < -0.4 is 0 Å². The highest BCUT2D eigenvalue weighted by Gasteiger charge is 2.23. The van der Waals surface area contributed by atoms with Crippen molar-refractivity contribution < 1.29 is 4.79 Å². The number of aryl methyl sites for hydroxylation is 1. The second-order valence-electron chi connectivity index (χ2n) is 7.09. The molecular formula is C24H23N3O. The van der Waals surface area contributed by atoms with Gasteiger partial charge in [0.25, 0.3) is 5.91 Å². The van der Waals surface area contributed by atoms with Gasteiger partial charge in [-0.2, -0.15) is 0 Å². The monoisotopic (exact) mass is 369 g/mol. The Morgan fingerprint density at radius 1 is 0.857 bits per heavy atom. The molecule has 1 aliphatic rings. The Bertz CT molecular complexity index is 969. The number of hydrogen-bond acceptors (Lipinski definition) is 3. The predicted octanol–water partition coefficient (Wildman–Crippen LogP) is 4.52. The minimum Gasteiger partial charge on any atom is -0.338 e. The van der Waals surface area contributed by atoms with Gasteiger partial charge in [0.1, 0.15) is 0 Å². The Kier molecular flexibility index (Phi) is 5.29. The lowest BCUT2D eigenvalue weighted by Gasteiger charge is -2.30. The zero-order chi connectivity index (χ0) is 19.3. The van der Waals surface area contributed by atoms with Crippen LogP contribution in [0.25, 0.3) is 5.57 Å². The average molecular weight is 369 g/mol. The molecule has 0 radical (unpaired) electrons. The SMILES string of the molecule is Cc1ccc(C(=C2CCN(C(=O)c3ccncc3)CC2)c2ccccn2)cc1. The van der Waals surface area contributed by atoms with E-state index in [-0.39, 0.29) is 5.91 Å². The maximum absolute atomic E-state index is 12.7. The molecule has 1 aromatic carbocycles. The van der Waals surface area contributed by atoms with Crippen molar-refractivity contribution >= 4 is 11.5 Å². The fourth-order valence-corrected chi connectivity index (χ4v) is 3.67. The molecule has 3 heterocycles. The van der Waals surface area contributed by atoms with Crippen LogP contribution in [0, 0.1) is 6.92 Å². The second-order valence-corrected chi connectivity index (χ2v) is 7.09. The van der Waals surface area contributed by atoms with Gasteiger partial charge in [-0.1, -0.05) is 41.5 Å². The fourth-order valence-electron chi connectivity index (χ4n) is 3.67. The molecule has 1 fully saturated rings. The van der Waals surface area contributed by atoms with E-state index in [9.17, 15) is 4.79 Å². The molecule has 28 heavy (non-hydrogen) atoms. The van der Waals surface area contributed by atoms with Gasteiger partial charge < -0.3 is 4.90 Å². The molecule has 0 atom stereocenters. The summed E-state index contributed by atoms with van der Waals surface area (Å²) in [4.78, 5) is 23.3. The third kappa shape index (κ3) is 3.86. The summed E-state index contributed by atoms with van der Waals surface area (Å²) in [6.07, 6.45) is 6.89. The molecule has 4 nitrogen and oxygen atoms in total. The number of amides is 1. The lowest BCUT2D eigenvalue weighted by molar-refractivity contribution is 0.0743. The van der Waals surface area contributed by atoms with Crippen LogP contribution in [-0.4, -0.2) is 33.9 Å². The predicted molar refractivity (Wildman–Crippen MR) is 111 cm³/mol. The first kappa shape index (κ1) is 18.1. The van der Waals surface area contributed by atoms with Crippen LogP contribution >= 0.6 is 0 Å². The Morgan fingerprint density at radius 2 is 1.57 bits per heavy atom. The van der Waals surface area contributed by atoms with Crippen molar-refractivity contribution in [3.63, 3.8) is 0 Å². The molecule has 2 aromatic heterocycles. The van der Waals surface area contributed by atoms with Gasteiger partial charge >= 0.3 is 0 Å². The number of carbonyl (C=O) groups is 1. The van der Waals surface area contributed by atoms with Crippen molar-refractivity contribution in [2.75, 3.05) is 13.1 Å². The van der Waals surface area contributed by atoms with E-state index in [1.54, 1.807) is 24.5 Å². The molecule has 1 aliphatic heterocycles. The minimum atomic E-state index is 0.0798. The second kappa shape index (κ2) is 8.17. The molecule has 3 aromatic rings. The molecular weight excluding hydrogens is 346 g/mol. The Labute approximate surface area is 165 Å². The van der Waals surface area contributed by atoms with Crippen molar-refractivity contribution in [2.45, 2.75) is 19.8 Å². The molecule has 1 saturated heterocycles. The molecule has 0 N–H and O–H groups in total. The number of likely N-dealkylation sites (tertiary alicyclic amines) is 1. The Morgan fingerprint density at radius 3 is 2.21 bits per heavy atom. The Hall–Kier alpha value is -3.27. The third-order valence-electron chi connectivity index (χ3n) is 5.20. The van der Waals surface area contributed by atoms with E-state index in [1.165, 1.54) is 22.3 Å². The van der Waals surface area contributed by atoms with E-state index < -0.39 is 0 Å². The number of pyridine rings is 2. The summed E-state index contributed by atoms with van der Waals surface area (Å²) in [5.74, 6) is 0.0798. The van der Waals surface area contributed by atoms with Crippen LogP contribution in [0.3, 0.4) is 0 Å². The van der Waals surface area contributed by atoms with Crippen molar-refractivity contribution in [1.29, 1.82) is 0 Å². The van der Waals surface area contributed by atoms with Crippen LogP contribution in [0.5, 0.6) is 0 Å². The van der Waals surface area contributed by atoms with Gasteiger partial charge in [0.05, 0.1) is 5.69 Å². The average Bonchev–Trinajstić information content (AvgIpc) is 2.77. The zero-order valence-corrected chi connectivity index (χ0v) is 16.0. The summed E-state index contributed by atoms with van der Waals surface area (Å²) < 4.78 is 0. The maximum Gasteiger partial charge on any atom is 0.253 e. The summed E-state index contributed by atoms with van der Waals surface area (Å²) in [7, 11) is 0. The molecule has 0 bridgehead atoms. The first-order valence-electron chi connectivity index (χ1n) is 9.62. The van der Waals surface area contributed by atoms with Gasteiger partial charge in [-0.15, -0.1) is 0 Å². The van der Waals surface area contributed by atoms with Crippen LogP contribution in [0.2, 0.25) is 0 Å². The molecule has 1 amide bonds. The van der Waals surface area contributed by atoms with E-state index in [4.69, 9.17) is 0 Å². The normalized spacial score (nSPS) is 14.0. The van der Waals surface area contributed by atoms with E-state index in [0.717, 1.165) is 31.6 Å². The lowest BCUT2D eigenvalue weighted by atomic mass is 9.90. The summed E-state index contributed by atoms with van der Waals surface area (Å²) >= 11 is 0. The van der Waals surface area contributed by atoms with E-state index in [1.807, 2.05) is 23.2 Å². The number of hydrogen-bond donors (Lipinski definition) is 0. The maximum atomic E-state index is 12.7. The van der Waals surface area contributed by atoms with Crippen molar-refractivity contribution in [3.8, 4) is 0 Å². The first-order chi connectivity index (χ1) is 13.7. The quantitative estimate of drug-likeness (QED) is 0.682. The lowest BCUT2D eigenvalue weighted by Crippen LogP contribution is -2.36. The van der Waals surface area contributed by atoms with Gasteiger partial charge in [-0.25, -0.2) is 0 Å². The van der Waals surface area contributed by atoms with Crippen LogP contribution in [-0.2, 0) is 0 Å². The Balaban J connectivity index is 1.62. The van der Waals surface area contributed by atoms with Gasteiger partial charge in [-0.3, -0.25) is 14.8 Å². The smallest absolute Gasteiger partial charge is 0.253 e. The number of nitrogens with zero attached hydrogens (tertiary/aromatic N) is 3. The zero-order valence-electron chi connectivity index (χ0n) is 16.0. The first-order valence-corrected chi connectivity index (χ1v) is 9.62. The number of rotatable bonds is 3. The van der Waals surface area contributed by atoms with E-state index in [2.05, 4.69) is 47.2 Å². The highest BCUT2D eigenvalue weighted by Crippen LogP contribution is 2.31. The van der Waals surface area contributed by atoms with Gasteiger partial charge in [0, 0.05) is 42.8 Å². The highest BCUT2D eigenvalue weighted by molar-refractivity contribution is 5.94. The van der Waals surface area contributed by atoms with Crippen LogP contribution in [0.1, 0.15) is 40.0 Å². The minimum absolute atomic E-state index is 0.0798. The third-order valence-corrected chi connectivity index (χ3v) is 5.20. The standard InChI is InChI=1S/C24H23N3O/c1-18-5-7-19(8-6-18)23(22-4-2-3-13-26-22)20-11-16-27(17-12-20)24(28)21-9-14-25-15-10-21/h2-10,13-15H,11-12,16-17H2,1H3. The molecule has 0 unspecified atom stereocenters. The molecule has 0 spiro atoms. The number of piperidine rings is 1. The summed E-state index contributed by atoms with van der Waals surface area (Å²) in [5, 5.41) is 0. The van der Waals surface area contributed by atoms with Crippen LogP contribution in [0.15, 0.2) is 78.8 Å². The molecule has 0 aliphatic carbocycles. The summed E-state index contributed by atoms with van der Waals surface area (Å²) in [6, 6.07) is 18.2. The van der Waals surface area contributed by atoms with E-state index in [0.29, 0.717) is 5.56 Å². The van der Waals surface area contributed by atoms with Gasteiger partial charge in [0.2, 0.25) is 0 Å². The van der Waals surface area contributed by atoms with E-state index >= 15 is 0 Å². The highest BCUT2D eigenvalue weighted by atomic mass is 16.2. The molecule has 0 saturated carbocycles. The number of carbonyl (C=O) groups excluding carboxylic acids is 1. The number of aromatic nitrogens is 2. The largest absolute Gasteiger partial charge is 0.338 e.